The molecule has 4 rings (SSSR count). The molecule has 0 aliphatic rings. The monoisotopic (exact) mass is 856 g/mol. The van der Waals surface area contributed by atoms with Crippen LogP contribution >= 0.6 is 30.2 Å². The van der Waals surface area contributed by atoms with Crippen molar-refractivity contribution in [3.8, 4) is 11.5 Å². The van der Waals surface area contributed by atoms with E-state index in [4.69, 9.17) is 9.47 Å². The number of hydrogen-bond donors (Lipinski definition) is 9. The molecule has 0 spiro atoms. The van der Waals surface area contributed by atoms with Crippen LogP contribution in [0, 0.1) is 0 Å². The van der Waals surface area contributed by atoms with E-state index in [1.165, 1.54) is 69.4 Å². The van der Waals surface area contributed by atoms with Gasteiger partial charge in [0.15, 0.2) is 0 Å². The number of hydrogen-bond acceptors (Lipinski definition) is 10. The van der Waals surface area contributed by atoms with Crippen LogP contribution in [0.5, 0.6) is 11.5 Å². The lowest BCUT2D eigenvalue weighted by atomic mass is 10.1. The van der Waals surface area contributed by atoms with Gasteiger partial charge in [-0.25, -0.2) is 9.97 Å². The van der Waals surface area contributed by atoms with Crippen LogP contribution in [0.4, 0.5) is 0 Å². The minimum Gasteiger partial charge on any atom is -0.497 e. The summed E-state index contributed by atoms with van der Waals surface area (Å²) >= 11 is 0. The molecule has 0 radical (unpaired) electrons. The number of nitrogens with zero attached hydrogens (tertiary/aromatic N) is 4. The Hall–Kier alpha value is -2.46. The number of aliphatic hydroxyl groups is 2. The summed E-state index contributed by atoms with van der Waals surface area (Å²) in [6.07, 6.45) is 14.7. The molecular weight excluding hydrogens is 804 g/mol. The Morgan fingerprint density at radius 3 is 1.44 bits per heavy atom. The Morgan fingerprint density at radius 1 is 0.618 bits per heavy atom. The summed E-state index contributed by atoms with van der Waals surface area (Å²) in [5.41, 5.74) is 1.65. The Bertz CT molecular complexity index is 2000. The molecule has 2 heterocycles. The number of rotatable bonds is 21. The van der Waals surface area contributed by atoms with E-state index in [2.05, 4.69) is 16.9 Å². The fraction of sp³-hybridized carbons (Fsp3) is 0.562. The second-order valence-corrected chi connectivity index (χ2v) is 22.0. The SMILES string of the molecule is CCCCCCCCCCCCOc1ccc2c(c1)ncn2CC(O)(P(=O)(O)O)P(=O)(O)O.COc1ccc2c(c1)ncn2CC(O)(P(C)(=O)O)P(=O)(O)O. The van der Waals surface area contributed by atoms with Crippen molar-refractivity contribution in [3.63, 3.8) is 0 Å². The molecule has 0 saturated carbocycles. The molecule has 2 unspecified atom stereocenters. The summed E-state index contributed by atoms with van der Waals surface area (Å²) in [4.78, 5) is 73.6. The van der Waals surface area contributed by atoms with E-state index in [0.29, 0.717) is 46.8 Å². The minimum atomic E-state index is -5.55. The highest BCUT2D eigenvalue weighted by atomic mass is 31.2. The molecule has 2 aromatic carbocycles. The first-order valence-electron chi connectivity index (χ1n) is 17.5. The summed E-state index contributed by atoms with van der Waals surface area (Å²) in [7, 11) is -19.4. The average molecular weight is 857 g/mol. The number of imidazole rings is 2. The largest absolute Gasteiger partial charge is 0.497 e. The first-order valence-corrected chi connectivity index (χ1v) is 24.4. The smallest absolute Gasteiger partial charge is 0.371 e. The zero-order valence-electron chi connectivity index (χ0n) is 30.9. The summed E-state index contributed by atoms with van der Waals surface area (Å²) in [6.45, 7) is 1.69. The predicted molar refractivity (Wildman–Crippen MR) is 205 cm³/mol. The van der Waals surface area contributed by atoms with Gasteiger partial charge in [0.25, 0.3) is 10.2 Å². The van der Waals surface area contributed by atoms with Crippen LogP contribution in [0.2, 0.25) is 0 Å². The van der Waals surface area contributed by atoms with Gasteiger partial charge in [0.05, 0.1) is 61.5 Å². The van der Waals surface area contributed by atoms with Gasteiger partial charge in [0, 0.05) is 18.8 Å². The molecule has 2 atom stereocenters. The van der Waals surface area contributed by atoms with Crippen LogP contribution in [-0.2, 0) is 31.3 Å². The maximum absolute atomic E-state index is 11.8. The highest BCUT2D eigenvalue weighted by Crippen LogP contribution is 2.69. The van der Waals surface area contributed by atoms with E-state index in [-0.39, 0.29) is 0 Å². The van der Waals surface area contributed by atoms with E-state index in [1.54, 1.807) is 36.4 Å². The molecule has 0 saturated heterocycles. The number of benzene rings is 2. The summed E-state index contributed by atoms with van der Waals surface area (Å²) in [5.74, 6) is 1.11. The van der Waals surface area contributed by atoms with E-state index < -0.39 is 53.4 Å². The van der Waals surface area contributed by atoms with Gasteiger partial charge in [-0.1, -0.05) is 64.7 Å². The topological polar surface area (TPSA) is 304 Å². The highest BCUT2D eigenvalue weighted by molar-refractivity contribution is 7.74. The molecule has 0 aliphatic carbocycles. The van der Waals surface area contributed by atoms with Crippen molar-refractivity contribution in [3.05, 3.63) is 49.1 Å². The summed E-state index contributed by atoms with van der Waals surface area (Å²) in [6, 6.07) is 9.60. The van der Waals surface area contributed by atoms with Gasteiger partial charge in [0.2, 0.25) is 7.37 Å². The summed E-state index contributed by atoms with van der Waals surface area (Å²) in [5, 5.41) is 13.7. The predicted octanol–water partition coefficient (Wildman–Crippen LogP) is 5.11. The Morgan fingerprint density at radius 2 is 1.02 bits per heavy atom. The zero-order chi connectivity index (χ0) is 41.3. The second kappa shape index (κ2) is 19.3. The molecule has 0 aliphatic heterocycles. The van der Waals surface area contributed by atoms with Crippen molar-refractivity contribution in [2.75, 3.05) is 20.4 Å². The van der Waals surface area contributed by atoms with Crippen molar-refractivity contribution in [1.82, 2.24) is 19.1 Å². The van der Waals surface area contributed by atoms with Gasteiger partial charge in [-0.2, -0.15) is 0 Å². The lowest BCUT2D eigenvalue weighted by Crippen LogP contribution is -2.33. The molecule has 4 aromatic rings. The fourth-order valence-electron chi connectivity index (χ4n) is 5.61. The van der Waals surface area contributed by atoms with Gasteiger partial charge in [0.1, 0.15) is 11.5 Å². The fourth-order valence-corrected chi connectivity index (χ4v) is 10.3. The van der Waals surface area contributed by atoms with Gasteiger partial charge >= 0.3 is 22.8 Å². The normalized spacial score (nSPS) is 15.0. The Kier molecular flexibility index (Phi) is 16.5. The van der Waals surface area contributed by atoms with E-state index in [0.717, 1.165) is 23.7 Å². The Labute approximate surface area is 318 Å². The van der Waals surface area contributed by atoms with Crippen LogP contribution < -0.4 is 9.47 Å². The lowest BCUT2D eigenvalue weighted by molar-refractivity contribution is 0.116. The van der Waals surface area contributed by atoms with E-state index in [9.17, 15) is 62.7 Å². The third-order valence-electron chi connectivity index (χ3n) is 9.02. The maximum Gasteiger partial charge on any atom is 0.371 e. The van der Waals surface area contributed by atoms with Gasteiger partial charge in [-0.05, 0) is 30.7 Å². The third-order valence-corrected chi connectivity index (χ3v) is 17.2. The van der Waals surface area contributed by atoms with Crippen molar-refractivity contribution < 1.29 is 72.2 Å². The van der Waals surface area contributed by atoms with Crippen LogP contribution in [0.25, 0.3) is 22.1 Å². The molecule has 2 aromatic heterocycles. The molecule has 0 bridgehead atoms. The second-order valence-electron chi connectivity index (χ2n) is 13.3. The number of methoxy groups -OCH3 is 1. The van der Waals surface area contributed by atoms with Gasteiger partial charge < -0.3 is 63.1 Å². The van der Waals surface area contributed by atoms with Gasteiger partial charge in [-0.3, -0.25) is 18.3 Å². The Balaban J connectivity index is 0.000000320. The highest BCUT2D eigenvalue weighted by Gasteiger charge is 2.60. The molecule has 23 heteroatoms. The lowest BCUT2D eigenvalue weighted by Gasteiger charge is -2.31. The quantitative estimate of drug-likeness (QED) is 0.0389. The number of fused-ring (bicyclic) bond motifs is 2. The first-order chi connectivity index (χ1) is 25.5. The molecule has 310 valence electrons. The van der Waals surface area contributed by atoms with Crippen molar-refractivity contribution in [2.24, 2.45) is 0 Å². The standard InChI is InChI=1S/C21H36N2O8P2.C11H16N2O7P2/c1-2-3-4-5-6-7-8-9-10-11-14-31-18-12-13-20-19(15-18)22-17-23(20)16-21(24,32(25,26)27)33(28,29)30;1-20-8-3-4-10-9(5-8)12-7-13(10)6-11(14,21(2,15)16)22(17,18)19/h12-13,15,17,24H,2-11,14,16H2,1H3,(H2,25,26,27)(H2,28,29,30);3-5,7,14H,6H2,1-2H3,(H,15,16)(H2,17,18,19). The molecule has 0 amide bonds. The first kappa shape index (κ1) is 46.9. The molecule has 55 heavy (non-hydrogen) atoms. The van der Waals surface area contributed by atoms with E-state index in [1.807, 2.05) is 0 Å². The minimum absolute atomic E-state index is 0.349. The van der Waals surface area contributed by atoms with Crippen molar-refractivity contribution in [1.29, 1.82) is 0 Å². The van der Waals surface area contributed by atoms with Gasteiger partial charge in [-0.15, -0.1) is 0 Å². The van der Waals surface area contributed by atoms with Crippen LogP contribution in [0.1, 0.15) is 71.1 Å². The molecular formula is C32H52N4O15P4. The van der Waals surface area contributed by atoms with E-state index >= 15 is 0 Å². The van der Waals surface area contributed by atoms with Crippen LogP contribution in [0.3, 0.4) is 0 Å². The zero-order valence-corrected chi connectivity index (χ0v) is 34.4. The third kappa shape index (κ3) is 12.0. The van der Waals surface area contributed by atoms with Crippen molar-refractivity contribution >= 4 is 52.2 Å². The van der Waals surface area contributed by atoms with Crippen LogP contribution in [0.15, 0.2) is 49.1 Å². The number of unbranched alkanes of at least 4 members (excludes halogenated alkanes) is 9. The summed E-state index contributed by atoms with van der Waals surface area (Å²) < 4.78 is 59.6. The number of ether oxygens (including phenoxy) is 2. The average Bonchev–Trinajstić information content (AvgIpc) is 3.68. The maximum atomic E-state index is 11.8. The van der Waals surface area contributed by atoms with Crippen LogP contribution in [-0.4, -0.2) is 94.1 Å². The molecule has 0 fully saturated rings. The molecule has 9 N–H and O–H groups in total. The van der Waals surface area contributed by atoms with Crippen molar-refractivity contribution in [2.45, 2.75) is 94.4 Å². The molecule has 19 nitrogen and oxygen atoms in total. The number of aromatic nitrogens is 4.